The average Bonchev–Trinajstić information content (AvgIpc) is 3.15. The van der Waals surface area contributed by atoms with E-state index in [1.54, 1.807) is 11.3 Å². The van der Waals surface area contributed by atoms with Crippen molar-refractivity contribution >= 4 is 39.9 Å². The zero-order valence-corrected chi connectivity index (χ0v) is 16.0. The van der Waals surface area contributed by atoms with Crippen LogP contribution in [0.4, 0.5) is 0 Å². The maximum absolute atomic E-state index is 12.7. The second-order valence-electron chi connectivity index (χ2n) is 7.27. The van der Waals surface area contributed by atoms with Crippen LogP contribution in [0.2, 0.25) is 0 Å². The van der Waals surface area contributed by atoms with E-state index in [1.165, 1.54) is 12.8 Å². The standard InChI is InChI=1S/C17H24N4OS.ClH/c1-9(2)15-13-8-14(23-17(13)21(3)20-15)16(22)19-12-6-10-4-5-11(7-12)18-10;/h8-12,18H,4-7H2,1-3H3,(H,19,22);1H. The van der Waals surface area contributed by atoms with Gasteiger partial charge in [0.25, 0.3) is 5.91 Å². The summed E-state index contributed by atoms with van der Waals surface area (Å²) >= 11 is 1.55. The van der Waals surface area contributed by atoms with Gasteiger partial charge >= 0.3 is 0 Å². The summed E-state index contributed by atoms with van der Waals surface area (Å²) in [7, 11) is 1.96. The first-order valence-corrected chi connectivity index (χ1v) is 9.36. The van der Waals surface area contributed by atoms with E-state index in [0.29, 0.717) is 24.0 Å². The second-order valence-corrected chi connectivity index (χ2v) is 8.30. The minimum absolute atomic E-state index is 0. The van der Waals surface area contributed by atoms with Gasteiger partial charge in [0.15, 0.2) is 0 Å². The number of rotatable bonds is 3. The molecule has 4 heterocycles. The summed E-state index contributed by atoms with van der Waals surface area (Å²) in [5.41, 5.74) is 1.08. The van der Waals surface area contributed by atoms with Gasteiger partial charge in [0.05, 0.1) is 10.6 Å². The monoisotopic (exact) mass is 368 g/mol. The van der Waals surface area contributed by atoms with Crippen molar-refractivity contribution < 1.29 is 4.79 Å². The number of amides is 1. The minimum Gasteiger partial charge on any atom is -0.348 e. The number of piperidine rings is 1. The van der Waals surface area contributed by atoms with Crippen molar-refractivity contribution in [3.05, 3.63) is 16.6 Å². The van der Waals surface area contributed by atoms with Gasteiger partial charge in [0.2, 0.25) is 0 Å². The zero-order chi connectivity index (χ0) is 16.1. The van der Waals surface area contributed by atoms with E-state index < -0.39 is 0 Å². The Morgan fingerprint density at radius 1 is 1.38 bits per heavy atom. The van der Waals surface area contributed by atoms with Crippen molar-refractivity contribution in [1.82, 2.24) is 20.4 Å². The van der Waals surface area contributed by atoms with E-state index >= 15 is 0 Å². The maximum atomic E-state index is 12.7. The highest BCUT2D eigenvalue weighted by molar-refractivity contribution is 7.20. The smallest absolute Gasteiger partial charge is 0.261 e. The van der Waals surface area contributed by atoms with E-state index in [0.717, 1.165) is 33.6 Å². The van der Waals surface area contributed by atoms with Crippen molar-refractivity contribution in [2.24, 2.45) is 7.05 Å². The summed E-state index contributed by atoms with van der Waals surface area (Å²) in [6.45, 7) is 4.29. The van der Waals surface area contributed by atoms with Gasteiger partial charge in [-0.3, -0.25) is 9.48 Å². The fourth-order valence-electron chi connectivity index (χ4n) is 4.04. The molecular weight excluding hydrogens is 344 g/mol. The summed E-state index contributed by atoms with van der Waals surface area (Å²) in [6, 6.07) is 3.53. The van der Waals surface area contributed by atoms with E-state index in [2.05, 4.69) is 29.6 Å². The highest BCUT2D eigenvalue weighted by Crippen LogP contribution is 2.32. The van der Waals surface area contributed by atoms with Gasteiger partial charge in [-0.15, -0.1) is 23.7 Å². The fourth-order valence-corrected chi connectivity index (χ4v) is 5.02. The Morgan fingerprint density at radius 3 is 2.67 bits per heavy atom. The number of carbonyl (C=O) groups excluding carboxylic acids is 1. The molecule has 132 valence electrons. The van der Waals surface area contributed by atoms with Crippen molar-refractivity contribution in [3.63, 3.8) is 0 Å². The number of nitrogens with one attached hydrogen (secondary N) is 2. The molecule has 0 radical (unpaired) electrons. The number of fused-ring (bicyclic) bond motifs is 3. The summed E-state index contributed by atoms with van der Waals surface area (Å²) < 4.78 is 1.90. The fraction of sp³-hybridized carbons (Fsp3) is 0.647. The zero-order valence-electron chi connectivity index (χ0n) is 14.3. The Morgan fingerprint density at radius 2 is 2.04 bits per heavy atom. The van der Waals surface area contributed by atoms with Gasteiger partial charge in [0.1, 0.15) is 4.83 Å². The van der Waals surface area contributed by atoms with E-state index in [1.807, 2.05) is 17.8 Å². The van der Waals surface area contributed by atoms with Gasteiger partial charge in [-0.2, -0.15) is 5.10 Å². The molecule has 1 amide bonds. The van der Waals surface area contributed by atoms with E-state index in [4.69, 9.17) is 0 Å². The molecule has 4 rings (SSSR count). The summed E-state index contributed by atoms with van der Waals surface area (Å²) in [5.74, 6) is 0.441. The molecule has 7 heteroatoms. The Bertz CT molecular complexity index is 741. The van der Waals surface area contributed by atoms with Crippen molar-refractivity contribution in [3.8, 4) is 0 Å². The van der Waals surface area contributed by atoms with Gasteiger partial charge < -0.3 is 10.6 Å². The lowest BCUT2D eigenvalue weighted by Crippen LogP contribution is -2.47. The minimum atomic E-state index is 0. The predicted octanol–water partition coefficient (Wildman–Crippen LogP) is 3.19. The third-order valence-corrected chi connectivity index (χ3v) is 6.32. The largest absolute Gasteiger partial charge is 0.348 e. The molecule has 0 aromatic carbocycles. The molecular formula is C17H25ClN4OS. The van der Waals surface area contributed by atoms with Crippen molar-refractivity contribution in [1.29, 1.82) is 0 Å². The topological polar surface area (TPSA) is 59.0 Å². The SMILES string of the molecule is CC(C)c1nn(C)c2sc(C(=O)NC3CC4CCC(C3)N4)cc12.Cl. The molecule has 24 heavy (non-hydrogen) atoms. The Hall–Kier alpha value is -1.11. The number of thiophene rings is 1. The molecule has 0 saturated carbocycles. The molecule has 2 bridgehead atoms. The predicted molar refractivity (Wildman–Crippen MR) is 100 cm³/mol. The summed E-state index contributed by atoms with van der Waals surface area (Å²) in [6.07, 6.45) is 4.63. The van der Waals surface area contributed by atoms with Crippen LogP contribution >= 0.6 is 23.7 Å². The van der Waals surface area contributed by atoms with Crippen LogP contribution in [0, 0.1) is 0 Å². The molecule has 2 N–H and O–H groups in total. The van der Waals surface area contributed by atoms with Crippen LogP contribution in [0.5, 0.6) is 0 Å². The van der Waals surface area contributed by atoms with Gasteiger partial charge in [-0.05, 0) is 37.7 Å². The van der Waals surface area contributed by atoms with Crippen molar-refractivity contribution in [2.45, 2.75) is 63.6 Å². The molecule has 2 aromatic heterocycles. The third kappa shape index (κ3) is 3.07. The van der Waals surface area contributed by atoms with Crippen LogP contribution in [-0.4, -0.2) is 33.8 Å². The average molecular weight is 369 g/mol. The normalized spacial score (nSPS) is 25.9. The summed E-state index contributed by atoms with van der Waals surface area (Å²) in [5, 5.41) is 12.6. The lowest BCUT2D eigenvalue weighted by atomic mass is 10.00. The second kappa shape index (κ2) is 6.65. The summed E-state index contributed by atoms with van der Waals surface area (Å²) in [4.78, 5) is 14.5. The highest BCUT2D eigenvalue weighted by atomic mass is 35.5. The number of aromatic nitrogens is 2. The molecule has 5 nitrogen and oxygen atoms in total. The van der Waals surface area contributed by atoms with Gasteiger partial charge in [-0.1, -0.05) is 13.8 Å². The van der Waals surface area contributed by atoms with Crippen LogP contribution < -0.4 is 10.6 Å². The highest BCUT2D eigenvalue weighted by Gasteiger charge is 2.34. The molecule has 2 unspecified atom stereocenters. The quantitative estimate of drug-likeness (QED) is 0.874. The number of halogens is 1. The number of aryl methyl sites for hydroxylation is 1. The molecule has 2 atom stereocenters. The Labute approximate surface area is 152 Å². The number of hydrogen-bond donors (Lipinski definition) is 2. The Kier molecular flexibility index (Phi) is 4.91. The Balaban J connectivity index is 0.00000169. The third-order valence-electron chi connectivity index (χ3n) is 5.12. The van der Waals surface area contributed by atoms with Gasteiger partial charge in [0, 0.05) is 30.6 Å². The lowest BCUT2D eigenvalue weighted by molar-refractivity contribution is 0.0928. The first-order valence-electron chi connectivity index (χ1n) is 8.54. The van der Waals surface area contributed by atoms with Crippen LogP contribution in [0.1, 0.15) is 60.8 Å². The first kappa shape index (κ1) is 17.7. The van der Waals surface area contributed by atoms with Crippen molar-refractivity contribution in [2.75, 3.05) is 0 Å². The molecule has 2 saturated heterocycles. The lowest BCUT2D eigenvalue weighted by Gasteiger charge is -2.29. The maximum Gasteiger partial charge on any atom is 0.261 e. The molecule has 2 aromatic rings. The molecule has 2 fully saturated rings. The van der Waals surface area contributed by atoms with Crippen LogP contribution in [0.25, 0.3) is 10.2 Å². The van der Waals surface area contributed by atoms with Crippen LogP contribution in [0.3, 0.4) is 0 Å². The van der Waals surface area contributed by atoms with Crippen LogP contribution in [0.15, 0.2) is 6.07 Å². The molecule has 0 spiro atoms. The first-order chi connectivity index (χ1) is 11.0. The van der Waals surface area contributed by atoms with E-state index in [9.17, 15) is 4.79 Å². The number of hydrogen-bond acceptors (Lipinski definition) is 4. The van der Waals surface area contributed by atoms with Crippen LogP contribution in [-0.2, 0) is 7.05 Å². The molecule has 0 aliphatic carbocycles. The van der Waals surface area contributed by atoms with E-state index in [-0.39, 0.29) is 18.3 Å². The molecule has 2 aliphatic rings. The number of nitrogens with zero attached hydrogens (tertiary/aromatic N) is 2. The number of carbonyl (C=O) groups is 1. The molecule has 2 aliphatic heterocycles. The van der Waals surface area contributed by atoms with Gasteiger partial charge in [-0.25, -0.2) is 0 Å².